The van der Waals surface area contributed by atoms with E-state index in [4.69, 9.17) is 10.5 Å². The number of ether oxygens (including phenoxy) is 1. The SMILES string of the molecule is CC(C)COC(=O)NC(C)c1cccc(C#CCN)c1. The van der Waals surface area contributed by atoms with Crippen molar-refractivity contribution in [2.24, 2.45) is 11.7 Å². The molecule has 0 saturated heterocycles. The minimum atomic E-state index is -0.398. The molecule has 3 N–H and O–H groups in total. The van der Waals surface area contributed by atoms with Gasteiger partial charge in [0.15, 0.2) is 0 Å². The molecule has 0 aliphatic heterocycles. The molecular weight excluding hydrogens is 252 g/mol. The average molecular weight is 274 g/mol. The first kappa shape index (κ1) is 16.1. The standard InChI is InChI=1S/C16H22N2O2/c1-12(2)11-20-16(19)18-13(3)15-8-4-6-14(10-15)7-5-9-17/h4,6,8,10,12-13H,9,11,17H2,1-3H3,(H,18,19). The van der Waals surface area contributed by atoms with Gasteiger partial charge in [-0.25, -0.2) is 4.79 Å². The van der Waals surface area contributed by atoms with E-state index in [1.165, 1.54) is 0 Å². The summed E-state index contributed by atoms with van der Waals surface area (Å²) in [6.45, 7) is 6.65. The second-order valence-electron chi connectivity index (χ2n) is 4.99. The maximum atomic E-state index is 11.6. The molecule has 0 aliphatic carbocycles. The Bertz CT molecular complexity index is 501. The fraction of sp³-hybridized carbons (Fsp3) is 0.438. The van der Waals surface area contributed by atoms with E-state index in [0.717, 1.165) is 11.1 Å². The van der Waals surface area contributed by atoms with E-state index in [0.29, 0.717) is 19.1 Å². The zero-order valence-corrected chi connectivity index (χ0v) is 12.3. The lowest BCUT2D eigenvalue weighted by Crippen LogP contribution is -2.28. The first-order valence-electron chi connectivity index (χ1n) is 6.75. The van der Waals surface area contributed by atoms with Gasteiger partial charge >= 0.3 is 6.09 Å². The van der Waals surface area contributed by atoms with Gasteiger partial charge < -0.3 is 15.8 Å². The van der Waals surface area contributed by atoms with Crippen LogP contribution in [0.4, 0.5) is 4.79 Å². The largest absolute Gasteiger partial charge is 0.449 e. The Hall–Kier alpha value is -1.99. The molecular formula is C16H22N2O2. The number of carbonyl (C=O) groups is 1. The first-order valence-corrected chi connectivity index (χ1v) is 6.75. The Labute approximate surface area is 120 Å². The molecule has 0 bridgehead atoms. The number of nitrogens with two attached hydrogens (primary N) is 1. The average Bonchev–Trinajstić information content (AvgIpc) is 2.43. The van der Waals surface area contributed by atoms with Crippen LogP contribution in [-0.2, 0) is 4.74 Å². The van der Waals surface area contributed by atoms with Crippen molar-refractivity contribution >= 4 is 6.09 Å². The highest BCUT2D eigenvalue weighted by molar-refractivity contribution is 5.67. The highest BCUT2D eigenvalue weighted by Crippen LogP contribution is 2.14. The minimum absolute atomic E-state index is 0.130. The van der Waals surface area contributed by atoms with Crippen molar-refractivity contribution in [1.82, 2.24) is 5.32 Å². The molecule has 4 heteroatoms. The predicted octanol–water partition coefficient (Wildman–Crippen LogP) is 2.44. The van der Waals surface area contributed by atoms with Crippen molar-refractivity contribution in [2.75, 3.05) is 13.2 Å². The molecule has 0 spiro atoms. The summed E-state index contributed by atoms with van der Waals surface area (Å²) in [5.74, 6) is 6.11. The second-order valence-corrected chi connectivity index (χ2v) is 4.99. The molecule has 1 atom stereocenters. The van der Waals surface area contributed by atoms with Crippen LogP contribution in [0, 0.1) is 17.8 Å². The molecule has 4 nitrogen and oxygen atoms in total. The van der Waals surface area contributed by atoms with Crippen molar-refractivity contribution in [3.8, 4) is 11.8 Å². The minimum Gasteiger partial charge on any atom is -0.449 e. The van der Waals surface area contributed by atoms with Crippen LogP contribution in [0.5, 0.6) is 0 Å². The first-order chi connectivity index (χ1) is 9.52. The van der Waals surface area contributed by atoms with Gasteiger partial charge in [-0.05, 0) is 30.5 Å². The van der Waals surface area contributed by atoms with Gasteiger partial charge in [0, 0.05) is 5.56 Å². The summed E-state index contributed by atoms with van der Waals surface area (Å²) < 4.78 is 5.10. The Kier molecular flexibility index (Phi) is 6.61. The molecule has 1 aromatic carbocycles. The molecule has 1 aromatic rings. The van der Waals surface area contributed by atoms with E-state index in [2.05, 4.69) is 17.2 Å². The van der Waals surface area contributed by atoms with Gasteiger partial charge in [-0.15, -0.1) is 0 Å². The Balaban J connectivity index is 2.63. The third kappa shape index (κ3) is 5.77. The van der Waals surface area contributed by atoms with Crippen LogP contribution in [-0.4, -0.2) is 19.2 Å². The Morgan fingerprint density at radius 2 is 2.15 bits per heavy atom. The molecule has 0 aliphatic rings. The summed E-state index contributed by atoms with van der Waals surface area (Å²) in [5.41, 5.74) is 7.22. The van der Waals surface area contributed by atoms with Gasteiger partial charge in [0.05, 0.1) is 19.2 Å². The normalized spacial score (nSPS) is 11.4. The maximum Gasteiger partial charge on any atom is 0.407 e. The molecule has 20 heavy (non-hydrogen) atoms. The summed E-state index contributed by atoms with van der Waals surface area (Å²) in [7, 11) is 0. The molecule has 0 fully saturated rings. The summed E-state index contributed by atoms with van der Waals surface area (Å²) in [5, 5.41) is 2.80. The van der Waals surface area contributed by atoms with Crippen LogP contribution in [0.3, 0.4) is 0 Å². The van der Waals surface area contributed by atoms with E-state index in [1.54, 1.807) is 0 Å². The van der Waals surface area contributed by atoms with Crippen molar-refractivity contribution in [3.05, 3.63) is 35.4 Å². The summed E-state index contributed by atoms with van der Waals surface area (Å²) in [4.78, 5) is 11.6. The van der Waals surface area contributed by atoms with Crippen LogP contribution in [0.2, 0.25) is 0 Å². The lowest BCUT2D eigenvalue weighted by Gasteiger charge is -2.15. The van der Waals surface area contributed by atoms with Gasteiger partial charge in [-0.1, -0.05) is 37.8 Å². The second kappa shape index (κ2) is 8.23. The van der Waals surface area contributed by atoms with E-state index >= 15 is 0 Å². The lowest BCUT2D eigenvalue weighted by molar-refractivity contribution is 0.130. The lowest BCUT2D eigenvalue weighted by atomic mass is 10.1. The monoisotopic (exact) mass is 274 g/mol. The number of alkyl carbamates (subject to hydrolysis) is 1. The summed E-state index contributed by atoms with van der Waals surface area (Å²) >= 11 is 0. The number of hydrogen-bond acceptors (Lipinski definition) is 3. The van der Waals surface area contributed by atoms with Gasteiger partial charge in [0.1, 0.15) is 0 Å². The predicted molar refractivity (Wildman–Crippen MR) is 80.1 cm³/mol. The fourth-order valence-electron chi connectivity index (χ4n) is 1.58. The molecule has 1 unspecified atom stereocenters. The topological polar surface area (TPSA) is 64.3 Å². The highest BCUT2D eigenvalue weighted by atomic mass is 16.5. The summed E-state index contributed by atoms with van der Waals surface area (Å²) in [6, 6.07) is 7.58. The molecule has 0 heterocycles. The van der Waals surface area contributed by atoms with Gasteiger partial charge in [0.2, 0.25) is 0 Å². The quantitative estimate of drug-likeness (QED) is 0.829. The van der Waals surface area contributed by atoms with Gasteiger partial charge in [-0.3, -0.25) is 0 Å². The van der Waals surface area contributed by atoms with Crippen LogP contribution < -0.4 is 11.1 Å². The third-order valence-corrected chi connectivity index (χ3v) is 2.60. The van der Waals surface area contributed by atoms with E-state index in [1.807, 2.05) is 45.0 Å². The maximum absolute atomic E-state index is 11.6. The van der Waals surface area contributed by atoms with E-state index in [9.17, 15) is 4.79 Å². The molecule has 1 rings (SSSR count). The number of nitrogens with one attached hydrogen (secondary N) is 1. The van der Waals surface area contributed by atoms with Crippen LogP contribution in [0.15, 0.2) is 24.3 Å². The molecule has 0 radical (unpaired) electrons. The number of benzene rings is 1. The molecule has 108 valence electrons. The van der Waals surface area contributed by atoms with Crippen LogP contribution >= 0.6 is 0 Å². The Morgan fingerprint density at radius 1 is 1.40 bits per heavy atom. The van der Waals surface area contributed by atoms with E-state index in [-0.39, 0.29) is 6.04 Å². The van der Waals surface area contributed by atoms with Gasteiger partial charge in [0.25, 0.3) is 0 Å². The zero-order valence-electron chi connectivity index (χ0n) is 12.3. The fourth-order valence-corrected chi connectivity index (χ4v) is 1.58. The molecule has 1 amide bonds. The molecule has 0 aromatic heterocycles. The van der Waals surface area contributed by atoms with Crippen molar-refractivity contribution in [1.29, 1.82) is 0 Å². The zero-order chi connectivity index (χ0) is 15.0. The van der Waals surface area contributed by atoms with Crippen molar-refractivity contribution < 1.29 is 9.53 Å². The van der Waals surface area contributed by atoms with Crippen LogP contribution in [0.25, 0.3) is 0 Å². The number of hydrogen-bond donors (Lipinski definition) is 2. The number of rotatable bonds is 4. The van der Waals surface area contributed by atoms with E-state index < -0.39 is 6.09 Å². The van der Waals surface area contributed by atoms with Crippen LogP contribution in [0.1, 0.15) is 37.9 Å². The van der Waals surface area contributed by atoms with Crippen molar-refractivity contribution in [3.63, 3.8) is 0 Å². The Morgan fingerprint density at radius 3 is 2.80 bits per heavy atom. The van der Waals surface area contributed by atoms with Crippen molar-refractivity contribution in [2.45, 2.75) is 26.8 Å². The summed E-state index contributed by atoms with van der Waals surface area (Å²) in [6.07, 6.45) is -0.398. The number of amides is 1. The van der Waals surface area contributed by atoms with Gasteiger partial charge in [-0.2, -0.15) is 0 Å². The smallest absolute Gasteiger partial charge is 0.407 e. The number of carbonyl (C=O) groups excluding carboxylic acids is 1. The molecule has 0 saturated carbocycles. The highest BCUT2D eigenvalue weighted by Gasteiger charge is 2.11. The third-order valence-electron chi connectivity index (χ3n) is 2.60.